The van der Waals surface area contributed by atoms with Crippen LogP contribution in [0.15, 0.2) is 42.5 Å². The molecule has 0 unspecified atom stereocenters. The molecule has 1 aliphatic rings. The van der Waals surface area contributed by atoms with Crippen LogP contribution in [-0.4, -0.2) is 23.9 Å². The number of carbonyl (C=O) groups is 1. The van der Waals surface area contributed by atoms with Gasteiger partial charge >= 0.3 is 6.18 Å². The van der Waals surface area contributed by atoms with Gasteiger partial charge < -0.3 is 4.90 Å². The molecule has 0 atom stereocenters. The van der Waals surface area contributed by atoms with Gasteiger partial charge in [0.15, 0.2) is 0 Å². The molecule has 1 amide bonds. The van der Waals surface area contributed by atoms with Crippen LogP contribution in [0, 0.1) is 17.6 Å². The zero-order valence-electron chi connectivity index (χ0n) is 13.0. The number of benzene rings is 2. The lowest BCUT2D eigenvalue weighted by Crippen LogP contribution is -2.50. The first-order chi connectivity index (χ1) is 11.7. The molecule has 0 aromatic heterocycles. The number of halogens is 5. The molecule has 0 N–H and O–H groups in total. The Bertz CT molecular complexity index is 776. The third kappa shape index (κ3) is 3.81. The van der Waals surface area contributed by atoms with Crippen molar-refractivity contribution in [1.29, 1.82) is 0 Å². The molecule has 25 heavy (non-hydrogen) atoms. The fourth-order valence-electron chi connectivity index (χ4n) is 3.01. The first-order valence-corrected chi connectivity index (χ1v) is 7.64. The van der Waals surface area contributed by atoms with Crippen molar-refractivity contribution in [3.05, 3.63) is 70.8 Å². The quantitative estimate of drug-likeness (QED) is 0.752. The van der Waals surface area contributed by atoms with E-state index >= 15 is 0 Å². The molecule has 2 aromatic rings. The highest BCUT2D eigenvalue weighted by Crippen LogP contribution is 2.34. The largest absolute Gasteiger partial charge is 0.416 e. The van der Waals surface area contributed by atoms with E-state index in [0.717, 1.165) is 18.2 Å². The van der Waals surface area contributed by atoms with Gasteiger partial charge in [0.05, 0.1) is 5.56 Å². The summed E-state index contributed by atoms with van der Waals surface area (Å²) in [6, 6.07) is 7.89. The number of alkyl halides is 3. The highest BCUT2D eigenvalue weighted by atomic mass is 19.4. The maximum atomic E-state index is 13.2. The summed E-state index contributed by atoms with van der Waals surface area (Å²) in [5.41, 5.74) is -0.595. The monoisotopic (exact) mass is 355 g/mol. The van der Waals surface area contributed by atoms with Gasteiger partial charge in [-0.3, -0.25) is 4.79 Å². The van der Waals surface area contributed by atoms with E-state index in [1.807, 2.05) is 0 Å². The summed E-state index contributed by atoms with van der Waals surface area (Å²) in [4.78, 5) is 13.5. The molecule has 1 saturated heterocycles. The van der Waals surface area contributed by atoms with E-state index < -0.39 is 29.3 Å². The summed E-state index contributed by atoms with van der Waals surface area (Å²) in [6.45, 7) is 0.506. The van der Waals surface area contributed by atoms with E-state index in [1.54, 1.807) is 6.07 Å². The lowest BCUT2D eigenvalue weighted by Gasteiger charge is -2.39. The molecule has 0 bridgehead atoms. The smallest absolute Gasteiger partial charge is 0.338 e. The molecule has 1 fully saturated rings. The second-order valence-corrected chi connectivity index (χ2v) is 6.09. The number of nitrogens with zero attached hydrogens (tertiary/aromatic N) is 1. The second kappa shape index (κ2) is 6.46. The summed E-state index contributed by atoms with van der Waals surface area (Å²) >= 11 is 0. The molecular weight excluding hydrogens is 341 g/mol. The van der Waals surface area contributed by atoms with Gasteiger partial charge in [-0.25, -0.2) is 8.78 Å². The minimum atomic E-state index is -4.42. The summed E-state index contributed by atoms with van der Waals surface area (Å²) in [6.07, 6.45) is -4.23. The van der Waals surface area contributed by atoms with Crippen molar-refractivity contribution < 1.29 is 26.7 Å². The van der Waals surface area contributed by atoms with E-state index in [0.29, 0.717) is 6.07 Å². The Balaban J connectivity index is 1.65. The zero-order chi connectivity index (χ0) is 18.2. The highest BCUT2D eigenvalue weighted by Gasteiger charge is 2.36. The van der Waals surface area contributed by atoms with Crippen LogP contribution in [0.2, 0.25) is 0 Å². The average molecular weight is 355 g/mol. The molecule has 2 aromatic carbocycles. The number of rotatable bonds is 3. The maximum Gasteiger partial charge on any atom is 0.416 e. The zero-order valence-corrected chi connectivity index (χ0v) is 13.0. The maximum absolute atomic E-state index is 13.2. The third-order valence-electron chi connectivity index (χ3n) is 4.19. The Morgan fingerprint density at radius 3 is 2.24 bits per heavy atom. The lowest BCUT2D eigenvalue weighted by molar-refractivity contribution is -0.138. The Morgan fingerprint density at radius 2 is 1.64 bits per heavy atom. The standard InChI is InChI=1S/C18H14F5NO/c19-14-6-13(7-15(20)8-14)17(25)24-9-11(10-24)5-12-3-1-2-4-16(12)18(21,22)23/h1-4,6-8,11H,5,9-10H2. The van der Waals surface area contributed by atoms with E-state index in [1.165, 1.54) is 17.0 Å². The summed E-state index contributed by atoms with van der Waals surface area (Å²) in [5.74, 6) is -2.34. The van der Waals surface area contributed by atoms with Crippen LogP contribution in [0.5, 0.6) is 0 Å². The van der Waals surface area contributed by atoms with E-state index in [4.69, 9.17) is 0 Å². The van der Waals surface area contributed by atoms with E-state index in [2.05, 4.69) is 0 Å². The SMILES string of the molecule is O=C(c1cc(F)cc(F)c1)N1CC(Cc2ccccc2C(F)(F)F)C1. The molecule has 0 saturated carbocycles. The molecule has 2 nitrogen and oxygen atoms in total. The number of hydrogen-bond donors (Lipinski definition) is 0. The number of carbonyl (C=O) groups excluding carboxylic acids is 1. The molecule has 0 radical (unpaired) electrons. The second-order valence-electron chi connectivity index (χ2n) is 6.09. The minimum absolute atomic E-state index is 0.105. The van der Waals surface area contributed by atoms with Crippen LogP contribution >= 0.6 is 0 Å². The van der Waals surface area contributed by atoms with Crippen LogP contribution in [0.1, 0.15) is 21.5 Å². The van der Waals surface area contributed by atoms with Crippen molar-refractivity contribution in [3.8, 4) is 0 Å². The third-order valence-corrected chi connectivity index (χ3v) is 4.19. The number of amides is 1. The van der Waals surface area contributed by atoms with Gasteiger partial charge in [0, 0.05) is 24.7 Å². The topological polar surface area (TPSA) is 20.3 Å². The van der Waals surface area contributed by atoms with Crippen LogP contribution < -0.4 is 0 Å². The molecule has 3 rings (SSSR count). The van der Waals surface area contributed by atoms with Crippen molar-refractivity contribution in [2.24, 2.45) is 5.92 Å². The minimum Gasteiger partial charge on any atom is -0.338 e. The van der Waals surface area contributed by atoms with Gasteiger partial charge in [0.1, 0.15) is 11.6 Å². The molecule has 7 heteroatoms. The average Bonchev–Trinajstić information content (AvgIpc) is 2.48. The van der Waals surface area contributed by atoms with Gasteiger partial charge in [0.2, 0.25) is 0 Å². The van der Waals surface area contributed by atoms with Crippen molar-refractivity contribution >= 4 is 5.91 Å². The van der Waals surface area contributed by atoms with E-state index in [9.17, 15) is 26.7 Å². The van der Waals surface area contributed by atoms with Crippen LogP contribution in [0.25, 0.3) is 0 Å². The van der Waals surface area contributed by atoms with Crippen molar-refractivity contribution in [2.45, 2.75) is 12.6 Å². The van der Waals surface area contributed by atoms with Gasteiger partial charge in [-0.05, 0) is 36.1 Å². The van der Waals surface area contributed by atoms with Gasteiger partial charge in [-0.1, -0.05) is 18.2 Å². The van der Waals surface area contributed by atoms with Crippen LogP contribution in [0.4, 0.5) is 22.0 Å². The first-order valence-electron chi connectivity index (χ1n) is 7.64. The predicted molar refractivity (Wildman–Crippen MR) is 80.9 cm³/mol. The summed E-state index contributed by atoms with van der Waals surface area (Å²) < 4.78 is 65.3. The summed E-state index contributed by atoms with van der Waals surface area (Å²) in [5, 5.41) is 0. The Labute approximate surface area is 140 Å². The fraction of sp³-hybridized carbons (Fsp3) is 0.278. The normalized spacial score (nSPS) is 15.2. The van der Waals surface area contributed by atoms with Crippen molar-refractivity contribution in [1.82, 2.24) is 4.90 Å². The van der Waals surface area contributed by atoms with Crippen molar-refractivity contribution in [3.63, 3.8) is 0 Å². The molecular formula is C18H14F5NO. The number of hydrogen-bond acceptors (Lipinski definition) is 1. The van der Waals surface area contributed by atoms with Gasteiger partial charge in [0.25, 0.3) is 5.91 Å². The highest BCUT2D eigenvalue weighted by molar-refractivity contribution is 5.94. The van der Waals surface area contributed by atoms with Gasteiger partial charge in [-0.2, -0.15) is 13.2 Å². The fourth-order valence-corrected chi connectivity index (χ4v) is 3.01. The van der Waals surface area contributed by atoms with Crippen molar-refractivity contribution in [2.75, 3.05) is 13.1 Å². The number of likely N-dealkylation sites (tertiary alicyclic amines) is 1. The molecule has 1 aliphatic heterocycles. The van der Waals surface area contributed by atoms with Crippen LogP contribution in [-0.2, 0) is 12.6 Å². The Morgan fingerprint density at radius 1 is 1.04 bits per heavy atom. The predicted octanol–water partition coefficient (Wildman–Crippen LogP) is 4.30. The lowest BCUT2D eigenvalue weighted by atomic mass is 9.89. The molecule has 0 spiro atoms. The van der Waals surface area contributed by atoms with Crippen LogP contribution in [0.3, 0.4) is 0 Å². The summed E-state index contributed by atoms with van der Waals surface area (Å²) in [7, 11) is 0. The Hall–Kier alpha value is -2.44. The molecule has 1 heterocycles. The molecule has 132 valence electrons. The Kier molecular flexibility index (Phi) is 4.49. The van der Waals surface area contributed by atoms with E-state index in [-0.39, 0.29) is 36.6 Å². The first kappa shape index (κ1) is 17.4. The molecule has 0 aliphatic carbocycles. The van der Waals surface area contributed by atoms with Gasteiger partial charge in [-0.15, -0.1) is 0 Å².